The molecule has 1 rings (SSSR count). The number of nitrogens with zero attached hydrogens (tertiary/aromatic N) is 2. The van der Waals surface area contributed by atoms with Gasteiger partial charge in [0.05, 0.1) is 18.2 Å². The zero-order chi connectivity index (χ0) is 10.8. The summed E-state index contributed by atoms with van der Waals surface area (Å²) >= 11 is 0. The Kier molecular flexibility index (Phi) is 3.34. The molecule has 0 aromatic carbocycles. The molecular formula is C9H19N3O2. The Morgan fingerprint density at radius 2 is 2.29 bits per heavy atom. The van der Waals surface area contributed by atoms with Gasteiger partial charge in [-0.1, -0.05) is 5.16 Å². The molecular weight excluding hydrogens is 182 g/mol. The van der Waals surface area contributed by atoms with Crippen LogP contribution < -0.4 is 5.73 Å². The number of ether oxygens (including phenoxy) is 1. The number of amidine groups is 1. The van der Waals surface area contributed by atoms with Crippen molar-refractivity contribution in [2.45, 2.75) is 32.4 Å². The molecule has 0 spiro atoms. The first-order valence-electron chi connectivity index (χ1n) is 4.82. The number of rotatable bonds is 2. The van der Waals surface area contributed by atoms with Crippen molar-refractivity contribution < 1.29 is 9.94 Å². The fourth-order valence-corrected chi connectivity index (χ4v) is 1.65. The van der Waals surface area contributed by atoms with Gasteiger partial charge in [0.1, 0.15) is 0 Å². The third-order valence-electron chi connectivity index (χ3n) is 2.55. The zero-order valence-corrected chi connectivity index (χ0v) is 9.03. The van der Waals surface area contributed by atoms with Gasteiger partial charge in [-0.05, 0) is 20.8 Å². The monoisotopic (exact) mass is 201 g/mol. The Labute approximate surface area is 84.5 Å². The lowest BCUT2D eigenvalue weighted by molar-refractivity contribution is -0.0896. The van der Waals surface area contributed by atoms with Crippen LogP contribution in [0.5, 0.6) is 0 Å². The molecule has 0 aromatic rings. The number of hydrogen-bond donors (Lipinski definition) is 2. The van der Waals surface area contributed by atoms with Crippen molar-refractivity contribution in [1.29, 1.82) is 0 Å². The fraction of sp³-hybridized carbons (Fsp3) is 0.889. The minimum Gasteiger partial charge on any atom is -0.409 e. The maximum absolute atomic E-state index is 8.57. The number of morpholine rings is 1. The van der Waals surface area contributed by atoms with E-state index in [-0.39, 0.29) is 17.5 Å². The molecule has 82 valence electrons. The SMILES string of the molecule is CC(C(N)=NO)N1CCOC(C)(C)C1. The van der Waals surface area contributed by atoms with Gasteiger partial charge in [0.15, 0.2) is 5.84 Å². The second kappa shape index (κ2) is 4.14. The Morgan fingerprint density at radius 1 is 1.64 bits per heavy atom. The molecule has 14 heavy (non-hydrogen) atoms. The summed E-state index contributed by atoms with van der Waals surface area (Å²) in [6, 6.07) is -0.0387. The van der Waals surface area contributed by atoms with E-state index in [0.29, 0.717) is 6.61 Å². The average molecular weight is 201 g/mol. The van der Waals surface area contributed by atoms with Crippen LogP contribution in [-0.4, -0.2) is 47.3 Å². The largest absolute Gasteiger partial charge is 0.409 e. The molecule has 0 bridgehead atoms. The van der Waals surface area contributed by atoms with E-state index in [4.69, 9.17) is 15.7 Å². The summed E-state index contributed by atoms with van der Waals surface area (Å²) in [6.45, 7) is 8.31. The van der Waals surface area contributed by atoms with Crippen LogP contribution >= 0.6 is 0 Å². The van der Waals surface area contributed by atoms with Gasteiger partial charge in [0.25, 0.3) is 0 Å². The van der Waals surface area contributed by atoms with E-state index >= 15 is 0 Å². The van der Waals surface area contributed by atoms with Gasteiger partial charge in [0, 0.05) is 13.1 Å². The van der Waals surface area contributed by atoms with Crippen LogP contribution in [-0.2, 0) is 4.74 Å². The van der Waals surface area contributed by atoms with Crippen LogP contribution in [0.25, 0.3) is 0 Å². The third-order valence-corrected chi connectivity index (χ3v) is 2.55. The van der Waals surface area contributed by atoms with Gasteiger partial charge in [-0.25, -0.2) is 0 Å². The molecule has 0 radical (unpaired) electrons. The van der Waals surface area contributed by atoms with Gasteiger partial charge >= 0.3 is 0 Å². The maximum Gasteiger partial charge on any atom is 0.156 e. The fourth-order valence-electron chi connectivity index (χ4n) is 1.65. The molecule has 5 heteroatoms. The van der Waals surface area contributed by atoms with Crippen LogP contribution in [0, 0.1) is 0 Å². The highest BCUT2D eigenvalue weighted by Crippen LogP contribution is 2.18. The van der Waals surface area contributed by atoms with Gasteiger partial charge in [-0.2, -0.15) is 0 Å². The van der Waals surface area contributed by atoms with E-state index in [0.717, 1.165) is 13.1 Å². The van der Waals surface area contributed by atoms with Gasteiger partial charge < -0.3 is 15.7 Å². The van der Waals surface area contributed by atoms with Crippen molar-refractivity contribution in [3.05, 3.63) is 0 Å². The van der Waals surface area contributed by atoms with E-state index in [1.807, 2.05) is 20.8 Å². The summed E-state index contributed by atoms with van der Waals surface area (Å²) < 4.78 is 5.57. The van der Waals surface area contributed by atoms with Crippen LogP contribution in [0.4, 0.5) is 0 Å². The van der Waals surface area contributed by atoms with Crippen molar-refractivity contribution in [2.24, 2.45) is 10.9 Å². The van der Waals surface area contributed by atoms with Crippen LogP contribution in [0.2, 0.25) is 0 Å². The molecule has 1 fully saturated rings. The van der Waals surface area contributed by atoms with Crippen molar-refractivity contribution in [1.82, 2.24) is 4.90 Å². The molecule has 1 unspecified atom stereocenters. The highest BCUT2D eigenvalue weighted by atomic mass is 16.5. The Bertz CT molecular complexity index is 228. The summed E-state index contributed by atoms with van der Waals surface area (Å²) in [4.78, 5) is 2.15. The zero-order valence-electron chi connectivity index (χ0n) is 9.03. The van der Waals surface area contributed by atoms with Crippen molar-refractivity contribution >= 4 is 5.84 Å². The molecule has 1 aliphatic heterocycles. The van der Waals surface area contributed by atoms with Gasteiger partial charge in [-0.15, -0.1) is 0 Å². The first-order chi connectivity index (χ1) is 6.46. The lowest BCUT2D eigenvalue weighted by atomic mass is 10.1. The summed E-state index contributed by atoms with van der Waals surface area (Å²) in [6.07, 6.45) is 0. The second-order valence-electron chi connectivity index (χ2n) is 4.28. The van der Waals surface area contributed by atoms with E-state index in [1.54, 1.807) is 0 Å². The van der Waals surface area contributed by atoms with E-state index < -0.39 is 0 Å². The summed E-state index contributed by atoms with van der Waals surface area (Å²) in [5.74, 6) is 0.253. The summed E-state index contributed by atoms with van der Waals surface area (Å²) in [7, 11) is 0. The number of oxime groups is 1. The Morgan fingerprint density at radius 3 is 2.79 bits per heavy atom. The van der Waals surface area contributed by atoms with Gasteiger partial charge in [-0.3, -0.25) is 4.90 Å². The molecule has 1 aliphatic rings. The second-order valence-corrected chi connectivity index (χ2v) is 4.28. The van der Waals surface area contributed by atoms with E-state index in [1.165, 1.54) is 0 Å². The summed E-state index contributed by atoms with van der Waals surface area (Å²) in [5, 5.41) is 11.6. The molecule has 1 saturated heterocycles. The highest BCUT2D eigenvalue weighted by molar-refractivity contribution is 5.84. The number of hydrogen-bond acceptors (Lipinski definition) is 4. The summed E-state index contributed by atoms with van der Waals surface area (Å²) in [5.41, 5.74) is 5.40. The highest BCUT2D eigenvalue weighted by Gasteiger charge is 2.30. The smallest absolute Gasteiger partial charge is 0.156 e. The Hall–Kier alpha value is -0.810. The van der Waals surface area contributed by atoms with E-state index in [2.05, 4.69) is 10.1 Å². The standard InChI is InChI=1S/C9H19N3O2/c1-7(8(10)11-13)12-4-5-14-9(2,3)6-12/h7,13H,4-6H2,1-3H3,(H2,10,11). The maximum atomic E-state index is 8.57. The van der Waals surface area contributed by atoms with Gasteiger partial charge in [0.2, 0.25) is 0 Å². The topological polar surface area (TPSA) is 71.1 Å². The van der Waals surface area contributed by atoms with Crippen LogP contribution in [0.3, 0.4) is 0 Å². The predicted octanol–water partition coefficient (Wildman–Crippen LogP) is 0.232. The average Bonchev–Trinajstić information content (AvgIpc) is 2.14. The minimum atomic E-state index is -0.151. The molecule has 0 amide bonds. The predicted molar refractivity (Wildman–Crippen MR) is 54.5 cm³/mol. The van der Waals surface area contributed by atoms with Crippen LogP contribution in [0.1, 0.15) is 20.8 Å². The first kappa shape index (κ1) is 11.3. The van der Waals surface area contributed by atoms with Crippen molar-refractivity contribution in [2.75, 3.05) is 19.7 Å². The molecule has 0 aliphatic carbocycles. The molecule has 1 atom stereocenters. The third kappa shape index (κ3) is 2.59. The van der Waals surface area contributed by atoms with Crippen molar-refractivity contribution in [3.63, 3.8) is 0 Å². The van der Waals surface area contributed by atoms with Crippen molar-refractivity contribution in [3.8, 4) is 0 Å². The molecule has 0 saturated carbocycles. The first-order valence-corrected chi connectivity index (χ1v) is 4.82. The molecule has 1 heterocycles. The quantitative estimate of drug-likeness (QED) is 0.290. The normalized spacial score (nSPS) is 26.1. The minimum absolute atomic E-state index is 0.0387. The number of nitrogens with two attached hydrogens (primary N) is 1. The van der Waals surface area contributed by atoms with E-state index in [9.17, 15) is 0 Å². The molecule has 3 N–H and O–H groups in total. The molecule has 0 aromatic heterocycles. The molecule has 5 nitrogen and oxygen atoms in total. The van der Waals surface area contributed by atoms with Crippen LogP contribution in [0.15, 0.2) is 5.16 Å². The lowest BCUT2D eigenvalue weighted by Gasteiger charge is -2.40. The Balaban J connectivity index is 2.60. The lowest BCUT2D eigenvalue weighted by Crippen LogP contribution is -2.54.